The van der Waals surface area contributed by atoms with E-state index in [0.29, 0.717) is 41.0 Å². The molecule has 1 aromatic heterocycles. The molecule has 1 unspecified atom stereocenters. The van der Waals surface area contributed by atoms with Crippen molar-refractivity contribution in [2.24, 2.45) is 0 Å². The minimum atomic E-state index is -2.52. The third kappa shape index (κ3) is 6.72. The van der Waals surface area contributed by atoms with Gasteiger partial charge < -0.3 is 23.5 Å². The third-order valence-electron chi connectivity index (χ3n) is 9.02. The average molecular weight is 709 g/mol. The molecule has 3 aromatic rings. The van der Waals surface area contributed by atoms with Gasteiger partial charge in [-0.3, -0.25) is 9.78 Å². The molecule has 46 heavy (non-hydrogen) atoms. The molecule has 2 amide bonds. The van der Waals surface area contributed by atoms with E-state index in [1.54, 1.807) is 12.1 Å². The highest BCUT2D eigenvalue weighted by molar-refractivity contribution is 9.08. The molecule has 0 aliphatic carbocycles. The summed E-state index contributed by atoms with van der Waals surface area (Å²) in [5.41, 5.74) is 4.41. The summed E-state index contributed by atoms with van der Waals surface area (Å²) >= 11 is 3.45. The summed E-state index contributed by atoms with van der Waals surface area (Å²) < 4.78 is 24.8. The summed E-state index contributed by atoms with van der Waals surface area (Å²) in [6.07, 6.45) is 0.554. The van der Waals surface area contributed by atoms with Crippen molar-refractivity contribution in [3.63, 3.8) is 0 Å². The van der Waals surface area contributed by atoms with Crippen LogP contribution < -0.4 is 14.4 Å². The summed E-state index contributed by atoms with van der Waals surface area (Å²) in [4.78, 5) is 36.7. The Kier molecular flexibility index (Phi) is 9.95. The van der Waals surface area contributed by atoms with Gasteiger partial charge in [0.2, 0.25) is 0 Å². The van der Waals surface area contributed by atoms with E-state index in [9.17, 15) is 9.59 Å². The Labute approximate surface area is 280 Å². The van der Waals surface area contributed by atoms with Crippen molar-refractivity contribution in [2.45, 2.75) is 76.1 Å². The standard InChI is InChI=1S/C35H42BrN3O6Si/c1-8-16-43-34(41)39-28-19-31(44-22-26-15-11-14-25(20-36)37-26)30(42-5)18-27(28)32(40)38-21-24-13-10-9-12-23(24)17-29(38)33(39)45-46(6,7)35(2,3)4/h8-15,18-19,29,33H,1,16-17,20-22H2,2-7H3/t29-,33?/m0/s1. The maximum absolute atomic E-state index is 14.6. The molecule has 5 rings (SSSR count). The lowest BCUT2D eigenvalue weighted by Gasteiger charge is -2.47. The zero-order valence-corrected chi connectivity index (χ0v) is 29.9. The molecule has 2 atom stereocenters. The van der Waals surface area contributed by atoms with Crippen LogP contribution in [0.25, 0.3) is 0 Å². The van der Waals surface area contributed by atoms with Gasteiger partial charge in [-0.1, -0.05) is 79.7 Å². The van der Waals surface area contributed by atoms with Gasteiger partial charge in [-0.25, -0.2) is 9.69 Å². The summed E-state index contributed by atoms with van der Waals surface area (Å²) in [6, 6.07) is 16.7. The van der Waals surface area contributed by atoms with Crippen LogP contribution in [0, 0.1) is 0 Å². The molecule has 0 fully saturated rings. The first-order chi connectivity index (χ1) is 21.9. The number of benzene rings is 2. The predicted octanol–water partition coefficient (Wildman–Crippen LogP) is 7.62. The van der Waals surface area contributed by atoms with Gasteiger partial charge in [0.1, 0.15) is 13.2 Å². The maximum Gasteiger partial charge on any atom is 0.416 e. The first-order valence-corrected chi connectivity index (χ1v) is 19.4. The van der Waals surface area contributed by atoms with Gasteiger partial charge in [0.25, 0.3) is 5.91 Å². The molecule has 0 N–H and O–H groups in total. The zero-order valence-electron chi connectivity index (χ0n) is 27.3. The molecule has 2 aliphatic heterocycles. The smallest absolute Gasteiger partial charge is 0.416 e. The quantitative estimate of drug-likeness (QED) is 0.128. The Hall–Kier alpha value is -3.67. The number of carbonyl (C=O) groups is 2. The molecule has 2 aliphatic rings. The molecular formula is C35H42BrN3O6Si. The first kappa shape index (κ1) is 33.7. The SMILES string of the molecule is C=CCOC(=O)N1c2cc(OCc3cccc(CBr)n3)c(OC)cc2C(=O)N2Cc3ccccc3C[C@H]2C1O[Si](C)(C)C(C)(C)C. The number of carbonyl (C=O) groups excluding carboxylic acids is 2. The van der Waals surface area contributed by atoms with E-state index in [4.69, 9.17) is 18.6 Å². The van der Waals surface area contributed by atoms with E-state index in [1.807, 2.05) is 41.3 Å². The Morgan fingerprint density at radius 2 is 1.80 bits per heavy atom. The van der Waals surface area contributed by atoms with E-state index in [0.717, 1.165) is 22.5 Å². The van der Waals surface area contributed by atoms with Crippen LogP contribution in [0.2, 0.25) is 18.1 Å². The van der Waals surface area contributed by atoms with E-state index < -0.39 is 26.7 Å². The van der Waals surface area contributed by atoms with Gasteiger partial charge in [-0.15, -0.1) is 0 Å². The Morgan fingerprint density at radius 1 is 1.09 bits per heavy atom. The minimum absolute atomic E-state index is 0.00225. The summed E-state index contributed by atoms with van der Waals surface area (Å²) in [6.45, 7) is 15.0. The van der Waals surface area contributed by atoms with Crippen molar-refractivity contribution in [3.8, 4) is 11.5 Å². The fraction of sp³-hybridized carbons (Fsp3) is 0.400. The van der Waals surface area contributed by atoms with Crippen LogP contribution in [0.1, 0.15) is 53.6 Å². The monoisotopic (exact) mass is 707 g/mol. The number of aromatic nitrogens is 1. The second kappa shape index (κ2) is 13.6. The number of anilines is 1. The number of halogens is 1. The Bertz CT molecular complexity index is 1620. The van der Waals surface area contributed by atoms with Crippen LogP contribution in [0.5, 0.6) is 11.5 Å². The van der Waals surface area contributed by atoms with Crippen LogP contribution in [0.4, 0.5) is 10.5 Å². The molecule has 0 spiro atoms. The zero-order chi connectivity index (χ0) is 33.2. The maximum atomic E-state index is 14.6. The lowest BCUT2D eigenvalue weighted by atomic mass is 9.93. The predicted molar refractivity (Wildman–Crippen MR) is 184 cm³/mol. The average Bonchev–Trinajstić information content (AvgIpc) is 3.12. The van der Waals surface area contributed by atoms with E-state index >= 15 is 0 Å². The van der Waals surface area contributed by atoms with Crippen LogP contribution in [0.15, 0.2) is 67.3 Å². The molecule has 11 heteroatoms. The highest BCUT2D eigenvalue weighted by atomic mass is 79.9. The molecule has 3 heterocycles. The number of hydrogen-bond donors (Lipinski definition) is 0. The largest absolute Gasteiger partial charge is 0.493 e. The highest BCUT2D eigenvalue weighted by Crippen LogP contribution is 2.45. The van der Waals surface area contributed by atoms with Crippen molar-refractivity contribution < 1.29 is 28.2 Å². The van der Waals surface area contributed by atoms with Gasteiger partial charge >= 0.3 is 6.09 Å². The van der Waals surface area contributed by atoms with Gasteiger partial charge in [0, 0.05) is 17.9 Å². The molecule has 0 saturated carbocycles. The van der Waals surface area contributed by atoms with Crippen molar-refractivity contribution in [1.29, 1.82) is 0 Å². The number of pyridine rings is 1. The number of hydrogen-bond acceptors (Lipinski definition) is 7. The number of fused-ring (bicyclic) bond motifs is 3. The van der Waals surface area contributed by atoms with Gasteiger partial charge in [-0.05, 0) is 53.9 Å². The van der Waals surface area contributed by atoms with Crippen LogP contribution in [-0.2, 0) is 34.1 Å². The van der Waals surface area contributed by atoms with Crippen molar-refractivity contribution in [1.82, 2.24) is 9.88 Å². The number of amides is 2. The van der Waals surface area contributed by atoms with Crippen molar-refractivity contribution in [3.05, 3.63) is 95.3 Å². The number of alkyl halides is 1. The van der Waals surface area contributed by atoms with Crippen LogP contribution in [-0.4, -0.2) is 56.2 Å². The normalized spacial score (nSPS) is 17.8. The molecular weight excluding hydrogens is 666 g/mol. The van der Waals surface area contributed by atoms with Crippen LogP contribution in [0.3, 0.4) is 0 Å². The number of nitrogens with zero attached hydrogens (tertiary/aromatic N) is 3. The second-order valence-corrected chi connectivity index (χ2v) is 18.4. The molecule has 244 valence electrons. The molecule has 9 nitrogen and oxygen atoms in total. The number of methoxy groups -OCH3 is 1. The Balaban J connectivity index is 1.68. The molecule has 0 saturated heterocycles. The van der Waals surface area contributed by atoms with Gasteiger partial charge in [0.05, 0.1) is 35.8 Å². The number of ether oxygens (including phenoxy) is 3. The molecule has 0 radical (unpaired) electrons. The first-order valence-electron chi connectivity index (χ1n) is 15.4. The summed E-state index contributed by atoms with van der Waals surface area (Å²) in [5, 5.41) is 0.440. The second-order valence-electron chi connectivity index (χ2n) is 13.0. The molecule has 0 bridgehead atoms. The summed E-state index contributed by atoms with van der Waals surface area (Å²) in [7, 11) is -0.993. The number of rotatable bonds is 9. The van der Waals surface area contributed by atoms with Gasteiger partial charge in [-0.2, -0.15) is 0 Å². The highest BCUT2D eigenvalue weighted by Gasteiger charge is 2.50. The Morgan fingerprint density at radius 3 is 2.48 bits per heavy atom. The fourth-order valence-electron chi connectivity index (χ4n) is 5.53. The van der Waals surface area contributed by atoms with Crippen molar-refractivity contribution in [2.75, 3.05) is 18.6 Å². The van der Waals surface area contributed by atoms with E-state index in [-0.39, 0.29) is 24.2 Å². The topological polar surface area (TPSA) is 90.4 Å². The third-order valence-corrected chi connectivity index (χ3v) is 14.0. The summed E-state index contributed by atoms with van der Waals surface area (Å²) in [5.74, 6) is 0.491. The lowest BCUT2D eigenvalue weighted by Crippen LogP contribution is -2.60. The fourth-order valence-corrected chi connectivity index (χ4v) is 7.06. The van der Waals surface area contributed by atoms with Crippen molar-refractivity contribution >= 4 is 41.9 Å². The van der Waals surface area contributed by atoms with E-state index in [2.05, 4.69) is 67.4 Å². The lowest BCUT2D eigenvalue weighted by molar-refractivity contribution is 0.0338. The van der Waals surface area contributed by atoms with Gasteiger partial charge in [0.15, 0.2) is 26.0 Å². The van der Waals surface area contributed by atoms with Crippen LogP contribution >= 0.6 is 15.9 Å². The van der Waals surface area contributed by atoms with E-state index in [1.165, 1.54) is 18.1 Å². The minimum Gasteiger partial charge on any atom is -0.493 e. The molecule has 2 aromatic carbocycles.